The van der Waals surface area contributed by atoms with Crippen LogP contribution < -0.4 is 10.6 Å². The maximum Gasteiger partial charge on any atom is 0.323 e. The monoisotopic (exact) mass is 792 g/mol. The van der Waals surface area contributed by atoms with Gasteiger partial charge in [-0.15, -0.1) is 0 Å². The summed E-state index contributed by atoms with van der Waals surface area (Å²) in [6, 6.07) is 1.45. The maximum absolute atomic E-state index is 13.2. The predicted molar refractivity (Wildman–Crippen MR) is 159 cm³/mol. The lowest BCUT2D eigenvalue weighted by atomic mass is 10.1. The van der Waals surface area contributed by atoms with Gasteiger partial charge in [-0.3, -0.25) is 27.3 Å². The van der Waals surface area contributed by atoms with Gasteiger partial charge in [-0.1, -0.05) is 0 Å². The summed E-state index contributed by atoms with van der Waals surface area (Å²) in [4.78, 5) is 5.84. The van der Waals surface area contributed by atoms with Gasteiger partial charge in [0.25, 0.3) is 60.7 Å². The third-order valence-electron chi connectivity index (χ3n) is 6.16. The van der Waals surface area contributed by atoms with E-state index in [1.54, 1.807) is 0 Å². The van der Waals surface area contributed by atoms with Gasteiger partial charge in [0.1, 0.15) is 9.79 Å². The van der Waals surface area contributed by atoms with Gasteiger partial charge in [-0.2, -0.15) is 50.5 Å². The van der Waals surface area contributed by atoms with Crippen molar-refractivity contribution in [2.75, 3.05) is 10.6 Å². The third-order valence-corrected chi connectivity index (χ3v) is 11.2. The van der Waals surface area contributed by atoms with E-state index in [1.807, 2.05) is 10.6 Å². The number of hydrogen-bond donors (Lipinski definition) is 8. The van der Waals surface area contributed by atoms with Crippen molar-refractivity contribution in [2.24, 2.45) is 0 Å². The second kappa shape index (κ2) is 11.6. The second-order valence-corrected chi connectivity index (χ2v) is 17.9. The van der Waals surface area contributed by atoms with E-state index in [-0.39, 0.29) is 12.1 Å². The normalized spacial score (nSPS) is 13.5. The van der Waals surface area contributed by atoms with Crippen molar-refractivity contribution >= 4 is 99.7 Å². The maximum atomic E-state index is 13.2. The molecule has 2 amide bonds. The van der Waals surface area contributed by atoms with E-state index in [0.717, 1.165) is 0 Å². The highest BCUT2D eigenvalue weighted by molar-refractivity contribution is 7.87. The summed E-state index contributed by atoms with van der Waals surface area (Å²) in [5.74, 6) is 0. The van der Waals surface area contributed by atoms with Crippen LogP contribution in [0.25, 0.3) is 21.5 Å². The molecule has 0 aromatic heterocycles. The van der Waals surface area contributed by atoms with Gasteiger partial charge in [0.15, 0.2) is 0 Å². The molecule has 0 saturated carbocycles. The Morgan fingerprint density at radius 1 is 0.396 bits per heavy atom. The molecule has 21 nitrogen and oxygen atoms in total. The van der Waals surface area contributed by atoms with Crippen LogP contribution in [0, 0.1) is 0 Å². The first-order valence-electron chi connectivity index (χ1n) is 11.6. The Bertz CT molecular complexity index is 2580. The lowest BCUT2D eigenvalue weighted by molar-refractivity contribution is 0.262. The van der Waals surface area contributed by atoms with Crippen LogP contribution in [0.15, 0.2) is 77.9 Å². The number of anilines is 2. The Balaban J connectivity index is 2.05. The molecule has 0 heterocycles. The zero-order chi connectivity index (χ0) is 36.6. The Kier molecular flexibility index (Phi) is 8.95. The zero-order valence-electron chi connectivity index (χ0n) is 22.6. The molecule has 4 aromatic carbocycles. The first-order chi connectivity index (χ1) is 21.5. The van der Waals surface area contributed by atoms with E-state index in [2.05, 4.69) is 0 Å². The average molecular weight is 793 g/mol. The van der Waals surface area contributed by atoms with Crippen molar-refractivity contribution in [3.05, 3.63) is 48.5 Å². The Labute approximate surface area is 269 Å². The van der Waals surface area contributed by atoms with Crippen molar-refractivity contribution in [1.82, 2.24) is 0 Å². The molecule has 0 fully saturated rings. The predicted octanol–water partition coefficient (Wildman–Crippen LogP) is 1.12. The molecule has 0 saturated heterocycles. The molecule has 0 spiro atoms. The largest absolute Gasteiger partial charge is 0.323 e. The van der Waals surface area contributed by atoms with Crippen molar-refractivity contribution in [3.63, 3.8) is 0 Å². The van der Waals surface area contributed by atoms with Gasteiger partial charge in [0, 0.05) is 10.8 Å². The lowest BCUT2D eigenvalue weighted by Gasteiger charge is -2.17. The quantitative estimate of drug-likeness (QED) is 0.116. The van der Waals surface area contributed by atoms with Crippen molar-refractivity contribution in [2.45, 2.75) is 29.4 Å². The molecule has 48 heavy (non-hydrogen) atoms. The summed E-state index contributed by atoms with van der Waals surface area (Å²) in [6.45, 7) is 0. The van der Waals surface area contributed by atoms with E-state index in [1.165, 1.54) is 0 Å². The second-order valence-electron chi connectivity index (χ2n) is 9.41. The molecule has 0 atom stereocenters. The van der Waals surface area contributed by atoms with Crippen LogP contribution in [-0.2, 0) is 60.7 Å². The minimum absolute atomic E-state index is 0.206. The highest BCUT2D eigenvalue weighted by Crippen LogP contribution is 2.38. The fraction of sp³-hybridized carbons (Fsp3) is 0. The molecular weight excluding hydrogens is 777 g/mol. The zero-order valence-corrected chi connectivity index (χ0v) is 27.5. The molecule has 0 aliphatic rings. The Hall–Kier alpha value is -3.87. The number of hydrogen-bond acceptors (Lipinski definition) is 13. The molecule has 0 bridgehead atoms. The van der Waals surface area contributed by atoms with Crippen LogP contribution in [0.3, 0.4) is 0 Å². The topological polar surface area (TPSA) is 367 Å². The number of carbonyl (C=O) groups is 1. The minimum Gasteiger partial charge on any atom is -0.307 e. The number of nitrogens with one attached hydrogen (secondary N) is 2. The fourth-order valence-corrected chi connectivity index (χ4v) is 8.16. The molecule has 0 unspecified atom stereocenters. The number of benzene rings is 4. The molecular formula is C21H16N2O19S6. The van der Waals surface area contributed by atoms with Crippen LogP contribution in [0.2, 0.25) is 0 Å². The van der Waals surface area contributed by atoms with Crippen LogP contribution in [0.4, 0.5) is 16.2 Å². The Morgan fingerprint density at radius 3 is 0.875 bits per heavy atom. The number of amides is 2. The van der Waals surface area contributed by atoms with Gasteiger partial charge in [-0.25, -0.2) is 4.79 Å². The summed E-state index contributed by atoms with van der Waals surface area (Å²) in [6.07, 6.45) is 0. The minimum atomic E-state index is -5.48. The Morgan fingerprint density at radius 2 is 0.646 bits per heavy atom. The summed E-state index contributed by atoms with van der Waals surface area (Å²) < 4.78 is 201. The highest BCUT2D eigenvalue weighted by atomic mass is 32.2. The summed E-state index contributed by atoms with van der Waals surface area (Å²) in [5.41, 5.74) is -1.91. The molecule has 4 aromatic rings. The molecule has 0 aliphatic heterocycles. The number of rotatable bonds is 8. The van der Waals surface area contributed by atoms with Gasteiger partial charge >= 0.3 is 6.03 Å². The van der Waals surface area contributed by atoms with Gasteiger partial charge in [-0.05, 0) is 59.3 Å². The van der Waals surface area contributed by atoms with E-state index in [4.69, 9.17) is 0 Å². The van der Waals surface area contributed by atoms with E-state index >= 15 is 0 Å². The van der Waals surface area contributed by atoms with E-state index in [9.17, 15) is 82.6 Å². The molecule has 260 valence electrons. The average Bonchev–Trinajstić information content (AvgIpc) is 2.88. The smallest absolute Gasteiger partial charge is 0.307 e. The lowest BCUT2D eigenvalue weighted by Crippen LogP contribution is -2.21. The van der Waals surface area contributed by atoms with Crippen molar-refractivity contribution < 1.29 is 82.6 Å². The fourth-order valence-electron chi connectivity index (χ4n) is 4.32. The standard InChI is InChI=1S/C21H16N2O19S6/c24-21(22-15-5-11(43(25,26)27)1-9-3-13(45(31,32)33)7-17(19(9)15)47(37,38)39)23-16-6-12(44(28,29)30)2-10-4-14(46(34,35)36)8-18(20(10)16)48(40,41)42/h1-8H,(H2,22,23,24)(H,25,26,27)(H,28,29,30)(H,31,32,33)(H,34,35,36)(H,37,38,39)(H,40,41,42). The highest BCUT2D eigenvalue weighted by Gasteiger charge is 2.28. The van der Waals surface area contributed by atoms with Gasteiger partial charge in [0.2, 0.25) is 0 Å². The van der Waals surface area contributed by atoms with Crippen molar-refractivity contribution in [3.8, 4) is 0 Å². The van der Waals surface area contributed by atoms with Crippen LogP contribution in [0.5, 0.6) is 0 Å². The van der Waals surface area contributed by atoms with Crippen molar-refractivity contribution in [1.29, 1.82) is 0 Å². The van der Waals surface area contributed by atoms with Gasteiger partial charge in [0.05, 0.1) is 31.0 Å². The molecule has 4 rings (SSSR count). The summed E-state index contributed by atoms with van der Waals surface area (Å²) in [5, 5.41) is 0.515. The third kappa shape index (κ3) is 7.71. The van der Waals surface area contributed by atoms with E-state index in [0.29, 0.717) is 36.4 Å². The number of urea groups is 1. The van der Waals surface area contributed by atoms with Crippen LogP contribution in [0.1, 0.15) is 0 Å². The van der Waals surface area contributed by atoms with Crippen LogP contribution in [-0.4, -0.2) is 83.9 Å². The summed E-state index contributed by atoms with van der Waals surface area (Å²) >= 11 is 0. The molecule has 0 radical (unpaired) electrons. The van der Waals surface area contributed by atoms with E-state index < -0.39 is 129 Å². The van der Waals surface area contributed by atoms with Crippen LogP contribution >= 0.6 is 0 Å². The first-order valence-corrected chi connectivity index (χ1v) is 20.3. The summed E-state index contributed by atoms with van der Waals surface area (Å²) in [7, 11) is -32.0. The molecule has 0 aliphatic carbocycles. The molecule has 8 N–H and O–H groups in total. The number of fused-ring (bicyclic) bond motifs is 2. The first kappa shape index (κ1) is 37.0. The SMILES string of the molecule is O=C(Nc1cc(S(=O)(=O)O)cc2cc(S(=O)(=O)O)cc(S(=O)(=O)O)c12)Nc1cc(S(=O)(=O)O)cc2cc(S(=O)(=O)O)cc(S(=O)(=O)O)c12. The number of carbonyl (C=O) groups excluding carboxylic acids is 1. The van der Waals surface area contributed by atoms with Gasteiger partial charge < -0.3 is 10.6 Å². The molecule has 27 heteroatoms.